The molecular weight excluding hydrogens is 520 g/mol. The molecule has 10 nitrogen and oxygen atoms in total. The Morgan fingerprint density at radius 3 is 2.28 bits per heavy atom. The number of amides is 4. The van der Waals surface area contributed by atoms with Crippen LogP contribution in [0, 0.1) is 6.92 Å². The van der Waals surface area contributed by atoms with E-state index in [1.165, 1.54) is 17.3 Å². The van der Waals surface area contributed by atoms with Crippen LogP contribution in [0.25, 0.3) is 0 Å². The van der Waals surface area contributed by atoms with Crippen LogP contribution in [-0.2, 0) is 35.3 Å². The average Bonchev–Trinajstić information content (AvgIpc) is 3.13. The molecule has 2 saturated heterocycles. The SMILES string of the molecule is Cc1ccc(NC(=O)[C@H](C)N2C(=O)N[C@](C)(c3ccc(C(C)(C)C)cc3)C2=O)cc1S(=O)(=O)N1CCOCC1. The van der Waals surface area contributed by atoms with E-state index in [4.69, 9.17) is 4.74 Å². The zero-order chi connectivity index (χ0) is 28.8. The Labute approximate surface area is 229 Å². The summed E-state index contributed by atoms with van der Waals surface area (Å²) in [6, 6.07) is 10.3. The molecule has 0 bridgehead atoms. The molecule has 0 aliphatic carbocycles. The summed E-state index contributed by atoms with van der Waals surface area (Å²) in [5.74, 6) is -1.16. The van der Waals surface area contributed by atoms with E-state index in [0.717, 1.165) is 10.5 Å². The van der Waals surface area contributed by atoms with Crippen LogP contribution in [0.15, 0.2) is 47.4 Å². The Morgan fingerprint density at radius 1 is 1.08 bits per heavy atom. The topological polar surface area (TPSA) is 125 Å². The van der Waals surface area contributed by atoms with E-state index in [9.17, 15) is 22.8 Å². The molecule has 2 N–H and O–H groups in total. The van der Waals surface area contributed by atoms with Gasteiger partial charge in [-0.05, 0) is 55.0 Å². The number of hydrogen-bond acceptors (Lipinski definition) is 6. The van der Waals surface area contributed by atoms with Gasteiger partial charge in [0.1, 0.15) is 11.6 Å². The maximum absolute atomic E-state index is 13.5. The van der Waals surface area contributed by atoms with Gasteiger partial charge in [-0.15, -0.1) is 0 Å². The van der Waals surface area contributed by atoms with Gasteiger partial charge in [0, 0.05) is 18.8 Å². The molecule has 4 amide bonds. The molecule has 39 heavy (non-hydrogen) atoms. The average molecular weight is 557 g/mol. The predicted molar refractivity (Wildman–Crippen MR) is 147 cm³/mol. The summed E-state index contributed by atoms with van der Waals surface area (Å²) < 4.78 is 33.0. The van der Waals surface area contributed by atoms with E-state index >= 15 is 0 Å². The highest BCUT2D eigenvalue weighted by Gasteiger charge is 2.51. The van der Waals surface area contributed by atoms with Crippen molar-refractivity contribution in [1.29, 1.82) is 0 Å². The molecule has 0 radical (unpaired) electrons. The Bertz CT molecular complexity index is 1390. The Kier molecular flexibility index (Phi) is 7.63. The number of carbonyl (C=O) groups excluding carboxylic acids is 3. The van der Waals surface area contributed by atoms with Crippen molar-refractivity contribution in [3.8, 4) is 0 Å². The lowest BCUT2D eigenvalue weighted by molar-refractivity contribution is -0.136. The van der Waals surface area contributed by atoms with Crippen LogP contribution >= 0.6 is 0 Å². The number of carbonyl (C=O) groups is 3. The first-order chi connectivity index (χ1) is 18.2. The molecule has 0 spiro atoms. The van der Waals surface area contributed by atoms with Crippen molar-refractivity contribution in [1.82, 2.24) is 14.5 Å². The number of anilines is 1. The molecule has 2 aliphatic rings. The molecule has 2 atom stereocenters. The van der Waals surface area contributed by atoms with Gasteiger partial charge in [0.05, 0.1) is 18.1 Å². The van der Waals surface area contributed by atoms with Crippen LogP contribution < -0.4 is 10.6 Å². The molecule has 2 aliphatic heterocycles. The van der Waals surface area contributed by atoms with Crippen LogP contribution in [0.2, 0.25) is 0 Å². The summed E-state index contributed by atoms with van der Waals surface area (Å²) in [6.45, 7) is 12.2. The second kappa shape index (κ2) is 10.4. The number of urea groups is 1. The molecule has 2 aromatic rings. The largest absolute Gasteiger partial charge is 0.379 e. The van der Waals surface area contributed by atoms with Crippen LogP contribution in [0.3, 0.4) is 0 Å². The predicted octanol–water partition coefficient (Wildman–Crippen LogP) is 3.11. The molecule has 0 aromatic heterocycles. The minimum Gasteiger partial charge on any atom is -0.379 e. The summed E-state index contributed by atoms with van der Waals surface area (Å²) in [5, 5.41) is 5.41. The van der Waals surface area contributed by atoms with Crippen molar-refractivity contribution in [2.45, 2.75) is 63.4 Å². The number of imide groups is 1. The zero-order valence-corrected chi connectivity index (χ0v) is 24.0. The molecule has 2 aromatic carbocycles. The molecule has 0 saturated carbocycles. The Balaban J connectivity index is 1.53. The first-order valence-corrected chi connectivity index (χ1v) is 14.4. The van der Waals surface area contributed by atoms with E-state index in [0.29, 0.717) is 24.3 Å². The molecule has 2 heterocycles. The fourth-order valence-corrected chi connectivity index (χ4v) is 6.42. The number of ether oxygens (including phenoxy) is 1. The smallest absolute Gasteiger partial charge is 0.326 e. The van der Waals surface area contributed by atoms with E-state index in [2.05, 4.69) is 31.4 Å². The number of nitrogens with one attached hydrogen (secondary N) is 2. The maximum Gasteiger partial charge on any atom is 0.326 e. The summed E-state index contributed by atoms with van der Waals surface area (Å²) in [7, 11) is -3.79. The summed E-state index contributed by atoms with van der Waals surface area (Å²) >= 11 is 0. The van der Waals surface area contributed by atoms with Crippen molar-refractivity contribution < 1.29 is 27.5 Å². The molecule has 0 unspecified atom stereocenters. The molecule has 11 heteroatoms. The van der Waals surface area contributed by atoms with Gasteiger partial charge in [-0.1, -0.05) is 51.1 Å². The van der Waals surface area contributed by atoms with Gasteiger partial charge < -0.3 is 15.4 Å². The van der Waals surface area contributed by atoms with Crippen molar-refractivity contribution in [3.63, 3.8) is 0 Å². The number of nitrogens with zero attached hydrogens (tertiary/aromatic N) is 2. The second-order valence-corrected chi connectivity index (χ2v) is 13.1. The fraction of sp³-hybridized carbons (Fsp3) is 0.464. The van der Waals surface area contributed by atoms with Gasteiger partial charge in [-0.3, -0.25) is 9.59 Å². The van der Waals surface area contributed by atoms with Crippen molar-refractivity contribution in [2.75, 3.05) is 31.6 Å². The van der Waals surface area contributed by atoms with Gasteiger partial charge in [-0.25, -0.2) is 18.1 Å². The standard InChI is InChI=1S/C28H36N4O6S/c1-18-7-12-22(17-23(18)39(36,37)31-13-15-38-16-14-31)29-24(33)19(2)32-25(34)28(6,30-26(32)35)21-10-8-20(9-11-21)27(3,4)5/h7-12,17,19H,13-16H2,1-6H3,(H,29,33)(H,30,35)/t19-,28+/m0/s1. The number of sulfonamides is 1. The van der Waals surface area contributed by atoms with Crippen molar-refractivity contribution in [3.05, 3.63) is 59.2 Å². The highest BCUT2D eigenvalue weighted by Crippen LogP contribution is 2.32. The monoisotopic (exact) mass is 556 g/mol. The van der Waals surface area contributed by atoms with Crippen LogP contribution in [0.5, 0.6) is 0 Å². The lowest BCUT2D eigenvalue weighted by Gasteiger charge is -2.27. The Hall–Kier alpha value is -3.28. The Morgan fingerprint density at radius 2 is 1.69 bits per heavy atom. The number of benzene rings is 2. The van der Waals surface area contributed by atoms with Crippen LogP contribution in [-0.4, -0.2) is 67.8 Å². The maximum atomic E-state index is 13.5. The summed E-state index contributed by atoms with van der Waals surface area (Å²) in [6.07, 6.45) is 0. The number of morpholine rings is 1. The van der Waals surface area contributed by atoms with Gasteiger partial charge in [0.2, 0.25) is 15.9 Å². The third-order valence-electron chi connectivity index (χ3n) is 7.36. The highest BCUT2D eigenvalue weighted by atomic mass is 32.2. The van der Waals surface area contributed by atoms with E-state index in [1.54, 1.807) is 26.0 Å². The first-order valence-electron chi connectivity index (χ1n) is 12.9. The fourth-order valence-electron chi connectivity index (χ4n) is 4.76. The van der Waals surface area contributed by atoms with Crippen molar-refractivity contribution >= 4 is 33.6 Å². The third-order valence-corrected chi connectivity index (χ3v) is 9.40. The van der Waals surface area contributed by atoms with E-state index in [1.807, 2.05) is 24.3 Å². The van der Waals surface area contributed by atoms with Crippen LogP contribution in [0.1, 0.15) is 51.3 Å². The normalized spacial score (nSPS) is 21.5. The lowest BCUT2D eigenvalue weighted by atomic mass is 9.84. The number of hydrogen-bond donors (Lipinski definition) is 2. The summed E-state index contributed by atoms with van der Waals surface area (Å²) in [5.41, 5.74) is 1.08. The van der Waals surface area contributed by atoms with Gasteiger partial charge in [0.15, 0.2) is 0 Å². The third kappa shape index (κ3) is 5.43. The minimum atomic E-state index is -3.79. The highest BCUT2D eigenvalue weighted by molar-refractivity contribution is 7.89. The lowest BCUT2D eigenvalue weighted by Crippen LogP contribution is -2.47. The molecule has 2 fully saturated rings. The number of rotatable bonds is 6. The molecule has 210 valence electrons. The molecule has 4 rings (SSSR count). The van der Waals surface area contributed by atoms with E-state index < -0.39 is 39.4 Å². The molecular formula is C28H36N4O6S. The first kappa shape index (κ1) is 28.7. The van der Waals surface area contributed by atoms with Gasteiger partial charge in [0.25, 0.3) is 5.91 Å². The van der Waals surface area contributed by atoms with Gasteiger partial charge in [-0.2, -0.15) is 4.31 Å². The quantitative estimate of drug-likeness (QED) is 0.527. The second-order valence-electron chi connectivity index (χ2n) is 11.2. The van der Waals surface area contributed by atoms with Crippen LogP contribution in [0.4, 0.5) is 10.5 Å². The zero-order valence-electron chi connectivity index (χ0n) is 23.2. The van der Waals surface area contributed by atoms with Crippen molar-refractivity contribution in [2.24, 2.45) is 0 Å². The van der Waals surface area contributed by atoms with E-state index in [-0.39, 0.29) is 29.1 Å². The van der Waals surface area contributed by atoms with Gasteiger partial charge >= 0.3 is 6.03 Å². The number of aryl methyl sites for hydroxylation is 1. The summed E-state index contributed by atoms with van der Waals surface area (Å²) in [4.78, 5) is 40.6. The minimum absolute atomic E-state index is 0.0711.